The fourth-order valence-corrected chi connectivity index (χ4v) is 4.51. The summed E-state index contributed by atoms with van der Waals surface area (Å²) in [5.74, 6) is 0.952. The van der Waals surface area contributed by atoms with Crippen LogP contribution in [0.5, 0.6) is 0 Å². The third kappa shape index (κ3) is 4.82. The Morgan fingerprint density at radius 1 is 1.05 bits per heavy atom. The van der Waals surface area contributed by atoms with Crippen molar-refractivity contribution < 1.29 is 0 Å². The van der Waals surface area contributed by atoms with E-state index >= 15 is 0 Å². The molecule has 0 amide bonds. The van der Waals surface area contributed by atoms with E-state index in [0.717, 1.165) is 12.0 Å². The van der Waals surface area contributed by atoms with Gasteiger partial charge in [0.15, 0.2) is 0 Å². The molecule has 1 unspecified atom stereocenters. The number of hydrogen-bond donors (Lipinski definition) is 1. The van der Waals surface area contributed by atoms with Crippen LogP contribution in [0.1, 0.15) is 70.6 Å². The summed E-state index contributed by atoms with van der Waals surface area (Å²) >= 11 is 0. The quantitative estimate of drug-likeness (QED) is 0.784. The van der Waals surface area contributed by atoms with Crippen LogP contribution in [-0.2, 0) is 0 Å². The lowest BCUT2D eigenvalue weighted by Crippen LogP contribution is -2.43. The summed E-state index contributed by atoms with van der Waals surface area (Å²) in [7, 11) is 0. The summed E-state index contributed by atoms with van der Waals surface area (Å²) in [5.41, 5.74) is 1.74. The van der Waals surface area contributed by atoms with E-state index in [2.05, 4.69) is 16.3 Å². The molecule has 1 N–H and O–H groups in total. The molecule has 1 heterocycles. The van der Waals surface area contributed by atoms with Crippen molar-refractivity contribution in [3.8, 4) is 0 Å². The van der Waals surface area contributed by atoms with E-state index in [4.69, 9.17) is 0 Å². The molecule has 1 atom stereocenters. The van der Waals surface area contributed by atoms with Crippen molar-refractivity contribution in [2.24, 2.45) is 5.92 Å². The van der Waals surface area contributed by atoms with Crippen LogP contribution in [0.3, 0.4) is 0 Å². The van der Waals surface area contributed by atoms with Gasteiger partial charge in [-0.05, 0) is 70.4 Å². The first-order chi connectivity index (χ1) is 10.4. The third-order valence-corrected chi connectivity index (χ3v) is 5.87. The molecule has 0 aromatic heterocycles. The van der Waals surface area contributed by atoms with Crippen LogP contribution in [0.25, 0.3) is 0 Å². The third-order valence-electron chi connectivity index (χ3n) is 5.87. The second-order valence-electron chi connectivity index (χ2n) is 7.47. The molecule has 21 heavy (non-hydrogen) atoms. The first-order valence-electron chi connectivity index (χ1n) is 9.55. The van der Waals surface area contributed by atoms with E-state index in [9.17, 15) is 0 Å². The van der Waals surface area contributed by atoms with Gasteiger partial charge in [-0.3, -0.25) is 0 Å². The lowest BCUT2D eigenvalue weighted by atomic mass is 9.83. The molecule has 2 aliphatic carbocycles. The normalized spacial score (nSPS) is 29.9. The van der Waals surface area contributed by atoms with Crippen molar-refractivity contribution in [1.29, 1.82) is 0 Å². The molecule has 1 aliphatic heterocycles. The monoisotopic (exact) mass is 290 g/mol. The summed E-state index contributed by atoms with van der Waals surface area (Å²) in [4.78, 5) is 2.76. The SMILES string of the molecule is C1=C(CCN2CCCNC(C3CCCCC3)C2)CCCC1. The Hall–Kier alpha value is -0.340. The molecule has 0 spiro atoms. The highest BCUT2D eigenvalue weighted by Crippen LogP contribution is 2.28. The zero-order chi connectivity index (χ0) is 14.3. The predicted octanol–water partition coefficient (Wildman–Crippen LogP) is 4.12. The van der Waals surface area contributed by atoms with E-state index in [1.807, 2.05) is 0 Å². The average Bonchev–Trinajstić information content (AvgIpc) is 2.80. The molecular formula is C19H34N2. The molecule has 3 aliphatic rings. The van der Waals surface area contributed by atoms with Crippen LogP contribution in [0.15, 0.2) is 11.6 Å². The van der Waals surface area contributed by atoms with Gasteiger partial charge in [-0.1, -0.05) is 30.9 Å². The zero-order valence-electron chi connectivity index (χ0n) is 13.8. The molecule has 0 aromatic carbocycles. The first kappa shape index (κ1) is 15.6. The van der Waals surface area contributed by atoms with Crippen molar-refractivity contribution in [3.05, 3.63) is 11.6 Å². The van der Waals surface area contributed by atoms with Crippen LogP contribution in [-0.4, -0.2) is 37.1 Å². The fourth-order valence-electron chi connectivity index (χ4n) is 4.51. The summed E-state index contributed by atoms with van der Waals surface area (Å²) in [6.07, 6.45) is 18.1. The topological polar surface area (TPSA) is 15.3 Å². The summed E-state index contributed by atoms with van der Waals surface area (Å²) in [5, 5.41) is 3.86. The Morgan fingerprint density at radius 2 is 1.95 bits per heavy atom. The maximum absolute atomic E-state index is 3.86. The Bertz CT molecular complexity index is 330. The van der Waals surface area contributed by atoms with E-state index in [0.29, 0.717) is 0 Å². The van der Waals surface area contributed by atoms with Crippen LogP contribution in [0.4, 0.5) is 0 Å². The molecule has 0 radical (unpaired) electrons. The van der Waals surface area contributed by atoms with Gasteiger partial charge >= 0.3 is 0 Å². The van der Waals surface area contributed by atoms with Crippen molar-refractivity contribution >= 4 is 0 Å². The van der Waals surface area contributed by atoms with Gasteiger partial charge < -0.3 is 10.2 Å². The summed E-state index contributed by atoms with van der Waals surface area (Å²) in [6.45, 7) is 5.15. The number of nitrogens with one attached hydrogen (secondary N) is 1. The van der Waals surface area contributed by atoms with E-state index in [1.54, 1.807) is 5.57 Å². The second kappa shape index (κ2) is 8.33. The highest BCUT2D eigenvalue weighted by Gasteiger charge is 2.26. The molecule has 120 valence electrons. The van der Waals surface area contributed by atoms with E-state index in [-0.39, 0.29) is 0 Å². The molecule has 0 aromatic rings. The lowest BCUT2D eigenvalue weighted by Gasteiger charge is -2.33. The maximum atomic E-state index is 3.86. The molecule has 2 fully saturated rings. The highest BCUT2D eigenvalue weighted by atomic mass is 15.2. The van der Waals surface area contributed by atoms with Crippen molar-refractivity contribution in [1.82, 2.24) is 10.2 Å². The minimum atomic E-state index is 0.771. The molecule has 0 bridgehead atoms. The molecule has 3 rings (SSSR count). The summed E-state index contributed by atoms with van der Waals surface area (Å²) < 4.78 is 0. The number of hydrogen-bond acceptors (Lipinski definition) is 2. The van der Waals surface area contributed by atoms with E-state index in [1.165, 1.54) is 96.8 Å². The van der Waals surface area contributed by atoms with Gasteiger partial charge in [0.2, 0.25) is 0 Å². The van der Waals surface area contributed by atoms with E-state index < -0.39 is 0 Å². The van der Waals surface area contributed by atoms with Gasteiger partial charge in [0.25, 0.3) is 0 Å². The van der Waals surface area contributed by atoms with Crippen molar-refractivity contribution in [2.45, 2.75) is 76.7 Å². The van der Waals surface area contributed by atoms with Gasteiger partial charge in [-0.15, -0.1) is 0 Å². The van der Waals surface area contributed by atoms with Crippen molar-refractivity contribution in [3.63, 3.8) is 0 Å². The summed E-state index contributed by atoms with van der Waals surface area (Å²) in [6, 6.07) is 0.771. The number of nitrogens with zero attached hydrogens (tertiary/aromatic N) is 1. The first-order valence-corrected chi connectivity index (χ1v) is 9.55. The fraction of sp³-hybridized carbons (Fsp3) is 0.895. The van der Waals surface area contributed by atoms with Crippen LogP contribution >= 0.6 is 0 Å². The zero-order valence-corrected chi connectivity index (χ0v) is 13.8. The van der Waals surface area contributed by atoms with Gasteiger partial charge in [0.1, 0.15) is 0 Å². The molecule has 1 saturated heterocycles. The molecular weight excluding hydrogens is 256 g/mol. The Labute approximate surface area is 131 Å². The van der Waals surface area contributed by atoms with Gasteiger partial charge in [0, 0.05) is 19.1 Å². The van der Waals surface area contributed by atoms with Gasteiger partial charge in [0.05, 0.1) is 0 Å². The minimum Gasteiger partial charge on any atom is -0.312 e. The number of allylic oxidation sites excluding steroid dienone is 1. The Kier molecular flexibility index (Phi) is 6.17. The Morgan fingerprint density at radius 3 is 2.76 bits per heavy atom. The average molecular weight is 290 g/mol. The van der Waals surface area contributed by atoms with Crippen LogP contribution < -0.4 is 5.32 Å². The predicted molar refractivity (Wildman–Crippen MR) is 90.6 cm³/mol. The molecule has 2 heteroatoms. The second-order valence-corrected chi connectivity index (χ2v) is 7.47. The van der Waals surface area contributed by atoms with Gasteiger partial charge in [-0.25, -0.2) is 0 Å². The minimum absolute atomic E-state index is 0.771. The maximum Gasteiger partial charge on any atom is 0.0223 e. The highest BCUT2D eigenvalue weighted by molar-refractivity contribution is 5.05. The van der Waals surface area contributed by atoms with Crippen molar-refractivity contribution in [2.75, 3.05) is 26.2 Å². The van der Waals surface area contributed by atoms with Crippen LogP contribution in [0, 0.1) is 5.92 Å². The molecule has 2 nitrogen and oxygen atoms in total. The molecule has 1 saturated carbocycles. The lowest BCUT2D eigenvalue weighted by molar-refractivity contribution is 0.207. The standard InChI is InChI=1S/C19H34N2/c1-3-8-17(9-4-1)12-15-21-14-7-13-20-19(16-21)18-10-5-2-6-11-18/h8,18-20H,1-7,9-16H2. The van der Waals surface area contributed by atoms with Crippen LogP contribution in [0.2, 0.25) is 0 Å². The Balaban J connectivity index is 1.48. The van der Waals surface area contributed by atoms with Gasteiger partial charge in [-0.2, -0.15) is 0 Å². The number of rotatable bonds is 4. The smallest absolute Gasteiger partial charge is 0.0223 e. The largest absolute Gasteiger partial charge is 0.312 e.